The number of aryl methyl sites for hydroxylation is 3. The number of carbonyl (C=O) groups is 2. The Bertz CT molecular complexity index is 2580. The lowest BCUT2D eigenvalue weighted by molar-refractivity contribution is -0.109. The second-order valence-corrected chi connectivity index (χ2v) is 24.1. The molecule has 8 rings (SSSR count). The molecule has 6 aromatic rings. The van der Waals surface area contributed by atoms with E-state index in [0.717, 1.165) is 33.9 Å². The molecule has 0 aliphatic carbocycles. The maximum Gasteiger partial charge on any atom is 0.225 e. The molecule has 4 aromatic carbocycles. The Hall–Kier alpha value is -3.16. The van der Waals surface area contributed by atoms with Gasteiger partial charge in [0.15, 0.2) is 0 Å². The van der Waals surface area contributed by atoms with E-state index in [1.807, 2.05) is 18.3 Å². The molecular formula is C60H74O2S4. The fourth-order valence-corrected chi connectivity index (χ4v) is 15.2. The second-order valence-electron chi connectivity index (χ2n) is 19.6. The van der Waals surface area contributed by atoms with E-state index in [2.05, 4.69) is 81.4 Å². The van der Waals surface area contributed by atoms with E-state index >= 15 is 0 Å². The molecule has 0 saturated carbocycles. The SMILES string of the molecule is CCCCCCCCCCCCCCc1cc(C)sc1-c1cc2ccc3cc(-c4sc(C5=C6C(=O)SC(C)=C6C(=O)S5)cc4CCCCCCCCCCCCCC)cc4ccc(c1)c2c34. The third kappa shape index (κ3) is 12.0. The molecule has 0 spiro atoms. The zero-order valence-corrected chi connectivity index (χ0v) is 43.9. The van der Waals surface area contributed by atoms with Gasteiger partial charge in [0, 0.05) is 29.3 Å². The molecule has 2 aliphatic rings. The average Bonchev–Trinajstić information content (AvgIpc) is 4.09. The van der Waals surface area contributed by atoms with Crippen molar-refractivity contribution in [3.63, 3.8) is 0 Å². The Morgan fingerprint density at radius 3 is 1.23 bits per heavy atom. The van der Waals surface area contributed by atoms with Gasteiger partial charge in [-0.05, 0) is 142 Å². The second kappa shape index (κ2) is 24.4. The summed E-state index contributed by atoms with van der Waals surface area (Å²) in [7, 11) is 0. The van der Waals surface area contributed by atoms with Crippen molar-refractivity contribution in [2.45, 2.75) is 195 Å². The van der Waals surface area contributed by atoms with E-state index in [9.17, 15) is 9.59 Å². The average molecular weight is 956 g/mol. The Labute approximate surface area is 413 Å². The van der Waals surface area contributed by atoms with Crippen molar-refractivity contribution in [3.8, 4) is 20.9 Å². The summed E-state index contributed by atoms with van der Waals surface area (Å²) >= 11 is 6.22. The monoisotopic (exact) mass is 954 g/mol. The zero-order chi connectivity index (χ0) is 45.8. The molecule has 2 aromatic heterocycles. The fraction of sp³-hybridized carbons (Fsp3) is 0.500. The van der Waals surface area contributed by atoms with Crippen molar-refractivity contribution in [1.82, 2.24) is 0 Å². The number of unbranched alkanes of at least 4 members (excludes halogenated alkanes) is 22. The molecule has 0 saturated heterocycles. The standard InChI is InChI=1S/C60H74O2S4/c1-5-7-9-11-13-15-17-19-21-23-25-27-29-47-35-41(3)63-56(47)49-36-43-31-33-45-38-50(39-46-34-32-44(37-49)53(43)54(45)46)57-48(30-28-26-24-22-20-18-16-14-12-10-8-6-2)40-51(65-57)58-55-52(59(61)66-58)42(4)64-60(55)62/h31-40H,5-30H2,1-4H3. The molecule has 0 bridgehead atoms. The first kappa shape index (κ1) is 49.3. The highest BCUT2D eigenvalue weighted by molar-refractivity contribution is 8.24. The quantitative estimate of drug-likeness (QED) is 0.0347. The topological polar surface area (TPSA) is 34.1 Å². The van der Waals surface area contributed by atoms with Crippen LogP contribution in [0.1, 0.15) is 196 Å². The van der Waals surface area contributed by atoms with Crippen molar-refractivity contribution >= 4 is 93.7 Å². The van der Waals surface area contributed by atoms with Crippen LogP contribution in [0.4, 0.5) is 0 Å². The van der Waals surface area contributed by atoms with Crippen LogP contribution in [0.3, 0.4) is 0 Å². The van der Waals surface area contributed by atoms with Crippen LogP contribution in [0.15, 0.2) is 76.7 Å². The Morgan fingerprint density at radius 1 is 0.409 bits per heavy atom. The van der Waals surface area contributed by atoms with Crippen LogP contribution in [0, 0.1) is 6.92 Å². The highest BCUT2D eigenvalue weighted by Gasteiger charge is 2.41. The summed E-state index contributed by atoms with van der Waals surface area (Å²) in [6.07, 6.45) is 34.8. The summed E-state index contributed by atoms with van der Waals surface area (Å²) in [5.74, 6) is 0. The van der Waals surface area contributed by atoms with Crippen LogP contribution in [-0.2, 0) is 22.4 Å². The molecule has 0 unspecified atom stereocenters. The number of carbonyl (C=O) groups excluding carboxylic acids is 2. The minimum atomic E-state index is 0.0180. The van der Waals surface area contributed by atoms with Gasteiger partial charge in [-0.3, -0.25) is 9.59 Å². The minimum Gasteiger partial charge on any atom is -0.281 e. The normalized spacial score (nSPS) is 14.2. The van der Waals surface area contributed by atoms with Gasteiger partial charge < -0.3 is 0 Å². The first-order valence-electron chi connectivity index (χ1n) is 26.2. The summed E-state index contributed by atoms with van der Waals surface area (Å²) in [5, 5.41) is 7.92. The lowest BCUT2D eigenvalue weighted by atomic mass is 9.90. The van der Waals surface area contributed by atoms with E-state index < -0.39 is 0 Å². The maximum atomic E-state index is 13.2. The Morgan fingerprint density at radius 2 is 0.788 bits per heavy atom. The van der Waals surface area contributed by atoms with E-state index in [0.29, 0.717) is 11.1 Å². The van der Waals surface area contributed by atoms with Gasteiger partial charge in [-0.1, -0.05) is 191 Å². The third-order valence-corrected chi connectivity index (χ3v) is 18.7. The molecule has 0 fully saturated rings. The Balaban J connectivity index is 0.974. The number of allylic oxidation sites excluding steroid dienone is 1. The molecule has 0 radical (unpaired) electrons. The summed E-state index contributed by atoms with van der Waals surface area (Å²) < 4.78 is 0. The number of hydrogen-bond acceptors (Lipinski definition) is 6. The van der Waals surface area contributed by atoms with Crippen LogP contribution in [-0.4, -0.2) is 10.2 Å². The van der Waals surface area contributed by atoms with Gasteiger partial charge in [-0.25, -0.2) is 0 Å². The third-order valence-electron chi connectivity index (χ3n) is 14.3. The highest BCUT2D eigenvalue weighted by Crippen LogP contribution is 2.54. The van der Waals surface area contributed by atoms with Gasteiger partial charge in [0.25, 0.3) is 0 Å². The minimum absolute atomic E-state index is 0.0180. The van der Waals surface area contributed by atoms with Crippen molar-refractivity contribution in [3.05, 3.63) is 97.6 Å². The molecule has 2 aliphatic heterocycles. The largest absolute Gasteiger partial charge is 0.281 e. The predicted molar refractivity (Wildman–Crippen MR) is 296 cm³/mol. The molecule has 0 atom stereocenters. The van der Waals surface area contributed by atoms with Crippen LogP contribution < -0.4 is 0 Å². The van der Waals surface area contributed by atoms with Gasteiger partial charge in [0.2, 0.25) is 10.2 Å². The smallest absolute Gasteiger partial charge is 0.225 e. The summed E-state index contributed by atoms with van der Waals surface area (Å²) in [4.78, 5) is 33.4. The summed E-state index contributed by atoms with van der Waals surface area (Å²) in [6.45, 7) is 8.78. The Kier molecular flexibility index (Phi) is 18.2. The van der Waals surface area contributed by atoms with Crippen LogP contribution in [0.5, 0.6) is 0 Å². The van der Waals surface area contributed by atoms with Gasteiger partial charge in [0.05, 0.1) is 11.1 Å². The number of hydrogen-bond donors (Lipinski definition) is 0. The van der Waals surface area contributed by atoms with Crippen molar-refractivity contribution < 1.29 is 9.59 Å². The van der Waals surface area contributed by atoms with E-state index in [1.165, 1.54) is 240 Å². The molecule has 4 heterocycles. The number of fused-ring (bicyclic) bond motifs is 1. The number of rotatable bonds is 29. The van der Waals surface area contributed by atoms with E-state index in [4.69, 9.17) is 0 Å². The van der Waals surface area contributed by atoms with E-state index in [1.54, 1.807) is 11.3 Å². The first-order chi connectivity index (χ1) is 32.3. The maximum absolute atomic E-state index is 13.2. The number of thiophene rings is 2. The lowest BCUT2D eigenvalue weighted by Crippen LogP contribution is -1.94. The molecule has 6 heteroatoms. The van der Waals surface area contributed by atoms with Crippen LogP contribution >= 0.6 is 46.2 Å². The van der Waals surface area contributed by atoms with Crippen LogP contribution in [0.2, 0.25) is 0 Å². The molecule has 2 nitrogen and oxygen atoms in total. The lowest BCUT2D eigenvalue weighted by Gasteiger charge is -2.15. The van der Waals surface area contributed by atoms with Gasteiger partial charge >= 0.3 is 0 Å². The molecular weight excluding hydrogens is 881 g/mol. The van der Waals surface area contributed by atoms with Gasteiger partial charge in [-0.15, -0.1) is 22.7 Å². The molecule has 350 valence electrons. The van der Waals surface area contributed by atoms with Crippen molar-refractivity contribution in [2.75, 3.05) is 0 Å². The molecule has 0 amide bonds. The van der Waals surface area contributed by atoms with Gasteiger partial charge in [0.1, 0.15) is 0 Å². The van der Waals surface area contributed by atoms with Crippen LogP contribution in [0.25, 0.3) is 58.1 Å². The molecule has 0 N–H and O–H groups in total. The number of thioether (sulfide) groups is 2. The first-order valence-corrected chi connectivity index (χ1v) is 29.5. The highest BCUT2D eigenvalue weighted by atomic mass is 32.2. The summed E-state index contributed by atoms with van der Waals surface area (Å²) in [5.41, 5.74) is 6.74. The molecule has 66 heavy (non-hydrogen) atoms. The van der Waals surface area contributed by atoms with Crippen molar-refractivity contribution in [1.29, 1.82) is 0 Å². The zero-order valence-electron chi connectivity index (χ0n) is 40.6. The summed E-state index contributed by atoms with van der Waals surface area (Å²) in [6, 6.07) is 23.9. The predicted octanol–water partition coefficient (Wildman–Crippen LogP) is 20.4. The fourth-order valence-electron chi connectivity index (χ4n) is 10.7. The van der Waals surface area contributed by atoms with E-state index in [-0.39, 0.29) is 10.2 Å². The van der Waals surface area contributed by atoms with Gasteiger partial charge in [-0.2, -0.15) is 0 Å². The number of benzene rings is 4. The van der Waals surface area contributed by atoms with Crippen molar-refractivity contribution in [2.24, 2.45) is 0 Å².